The van der Waals surface area contributed by atoms with Crippen molar-refractivity contribution in [1.29, 1.82) is 0 Å². The van der Waals surface area contributed by atoms with Crippen LogP contribution in [0, 0.1) is 5.92 Å². The molecule has 2 fully saturated rings. The van der Waals surface area contributed by atoms with Gasteiger partial charge in [-0.15, -0.1) is 0 Å². The molecule has 2 atom stereocenters. The molecule has 2 amide bonds. The van der Waals surface area contributed by atoms with Gasteiger partial charge in [-0.1, -0.05) is 69.3 Å². The number of aliphatic hydroxyl groups excluding tert-OH is 1. The zero-order valence-electron chi connectivity index (χ0n) is 25.4. The van der Waals surface area contributed by atoms with Crippen molar-refractivity contribution in [3.63, 3.8) is 0 Å². The fraction of sp³-hybridized carbons (Fsp3) is 0.429. The third kappa shape index (κ3) is 7.25. The molecule has 2 N–H and O–H groups in total. The Bertz CT molecular complexity index is 1360. The van der Waals surface area contributed by atoms with Crippen LogP contribution in [0.2, 0.25) is 0 Å². The van der Waals surface area contributed by atoms with Gasteiger partial charge in [-0.25, -0.2) is 0 Å². The Morgan fingerprint density at radius 1 is 0.930 bits per heavy atom. The maximum Gasteiger partial charge on any atom is 0.248 e. The summed E-state index contributed by atoms with van der Waals surface area (Å²) >= 11 is 1.72. The average molecular weight is 602 g/mol. The number of hydrogen-bond donors (Lipinski definition) is 2. The maximum atomic E-state index is 13.5. The second kappa shape index (κ2) is 14.0. The van der Waals surface area contributed by atoms with Crippen LogP contribution in [0.25, 0.3) is 0 Å². The summed E-state index contributed by atoms with van der Waals surface area (Å²) in [5, 5.41) is 13.6. The van der Waals surface area contributed by atoms with Crippen molar-refractivity contribution in [1.82, 2.24) is 15.1 Å². The minimum atomic E-state index is -0.900. The molecule has 43 heavy (non-hydrogen) atoms. The van der Waals surface area contributed by atoms with Crippen molar-refractivity contribution in [3.05, 3.63) is 84.4 Å². The normalized spacial score (nSPS) is 19.5. The number of carbonyl (C=O) groups is 2. The highest BCUT2D eigenvalue weighted by Gasteiger charge is 2.54. The first-order valence-electron chi connectivity index (χ1n) is 15.4. The molecule has 8 heteroatoms. The largest absolute Gasteiger partial charge is 0.457 e. The lowest BCUT2D eigenvalue weighted by molar-refractivity contribution is -0.165. The zero-order chi connectivity index (χ0) is 30.4. The summed E-state index contributed by atoms with van der Waals surface area (Å²) < 4.78 is 6.09. The summed E-state index contributed by atoms with van der Waals surface area (Å²) in [5.41, 5.74) is 0.327. The van der Waals surface area contributed by atoms with Crippen LogP contribution in [-0.2, 0) is 16.1 Å². The summed E-state index contributed by atoms with van der Waals surface area (Å²) in [6.07, 6.45) is 2.03. The molecule has 7 nitrogen and oxygen atoms in total. The second-order valence-electron chi connectivity index (χ2n) is 12.0. The summed E-state index contributed by atoms with van der Waals surface area (Å²) in [7, 11) is 0. The number of likely N-dealkylation sites (tertiary alicyclic amines) is 1. The number of carbonyl (C=O) groups excluding carboxylic acids is 2. The maximum absolute atomic E-state index is 13.5. The highest BCUT2D eigenvalue weighted by Crippen LogP contribution is 2.35. The van der Waals surface area contributed by atoms with Crippen LogP contribution in [0.4, 0.5) is 0 Å². The molecule has 2 saturated heterocycles. The predicted octanol–water partition coefficient (Wildman–Crippen LogP) is 6.11. The fourth-order valence-electron chi connectivity index (χ4n) is 5.93. The Morgan fingerprint density at radius 2 is 1.53 bits per heavy atom. The Morgan fingerprint density at radius 3 is 2.14 bits per heavy atom. The average Bonchev–Trinajstić information content (AvgIpc) is 3.02. The highest BCUT2D eigenvalue weighted by atomic mass is 32.2. The van der Waals surface area contributed by atoms with Crippen molar-refractivity contribution >= 4 is 23.6 Å². The number of nitrogens with one attached hydrogen (secondary N) is 1. The number of hydrogen-bond acceptors (Lipinski definition) is 6. The summed E-state index contributed by atoms with van der Waals surface area (Å²) in [5.74, 6) is 1.18. The van der Waals surface area contributed by atoms with Gasteiger partial charge in [0, 0.05) is 36.0 Å². The summed E-state index contributed by atoms with van der Waals surface area (Å²) in [6.45, 7) is 8.55. The molecule has 3 aromatic carbocycles. The van der Waals surface area contributed by atoms with Gasteiger partial charge in [0.2, 0.25) is 11.8 Å². The van der Waals surface area contributed by atoms with E-state index in [2.05, 4.69) is 53.5 Å². The molecule has 5 rings (SSSR count). The SMILES string of the molecule is CCCCN1C(=O)[C@@H]([C@H](O)C(C)C)NC(=O)C12CCN(Cc1ccc(Oc3ccc(Sc4ccccc4)cc3)cc1)CC2. The number of nitrogens with zero attached hydrogens (tertiary/aromatic N) is 2. The van der Waals surface area contributed by atoms with E-state index in [0.717, 1.165) is 35.8 Å². The van der Waals surface area contributed by atoms with E-state index in [0.29, 0.717) is 32.5 Å². The quantitative estimate of drug-likeness (QED) is 0.276. The van der Waals surface area contributed by atoms with E-state index < -0.39 is 17.7 Å². The topological polar surface area (TPSA) is 82.1 Å². The minimum Gasteiger partial charge on any atom is -0.457 e. The van der Waals surface area contributed by atoms with Gasteiger partial charge in [0.15, 0.2) is 0 Å². The minimum absolute atomic E-state index is 0.124. The van der Waals surface area contributed by atoms with Gasteiger partial charge in [-0.2, -0.15) is 0 Å². The standard InChI is InChI=1S/C35H43N3O4S/c1-4-5-21-38-33(40)31(32(39)25(2)3)36-34(41)35(38)19-22-37(23-20-35)24-26-11-13-27(14-12-26)42-28-15-17-30(18-16-28)43-29-9-7-6-8-10-29/h6-18,25,31-32,39H,4-5,19-24H2,1-3H3,(H,36,41)/t31-,32-/m1/s1. The molecule has 0 aliphatic carbocycles. The van der Waals surface area contributed by atoms with E-state index >= 15 is 0 Å². The molecule has 0 saturated carbocycles. The van der Waals surface area contributed by atoms with Crippen LogP contribution in [0.1, 0.15) is 52.0 Å². The van der Waals surface area contributed by atoms with Crippen LogP contribution < -0.4 is 10.1 Å². The lowest BCUT2D eigenvalue weighted by Crippen LogP contribution is -2.74. The van der Waals surface area contributed by atoms with E-state index in [9.17, 15) is 14.7 Å². The number of rotatable bonds is 11. The first kappa shape index (κ1) is 31.1. The predicted molar refractivity (Wildman–Crippen MR) is 170 cm³/mol. The van der Waals surface area contributed by atoms with Gasteiger partial charge in [-0.05, 0) is 79.3 Å². The smallest absolute Gasteiger partial charge is 0.248 e. The molecule has 2 aliphatic heterocycles. The molecular weight excluding hydrogens is 558 g/mol. The number of amides is 2. The monoisotopic (exact) mass is 601 g/mol. The lowest BCUT2D eigenvalue weighted by atomic mass is 9.80. The zero-order valence-corrected chi connectivity index (χ0v) is 26.2. The number of piperazine rings is 1. The number of aliphatic hydroxyl groups is 1. The van der Waals surface area contributed by atoms with Gasteiger partial charge in [0.25, 0.3) is 0 Å². The van der Waals surface area contributed by atoms with Gasteiger partial charge in [-0.3, -0.25) is 14.5 Å². The number of benzene rings is 3. The fourth-order valence-corrected chi connectivity index (χ4v) is 6.77. The summed E-state index contributed by atoms with van der Waals surface area (Å²) in [4.78, 5) is 33.6. The molecule has 2 heterocycles. The van der Waals surface area contributed by atoms with E-state index in [-0.39, 0.29) is 17.7 Å². The molecule has 0 aromatic heterocycles. The van der Waals surface area contributed by atoms with Gasteiger partial charge >= 0.3 is 0 Å². The molecule has 2 aliphatic rings. The third-order valence-electron chi connectivity index (χ3n) is 8.57. The van der Waals surface area contributed by atoms with Crippen LogP contribution in [0.5, 0.6) is 11.5 Å². The Kier molecular flexibility index (Phi) is 10.1. The molecule has 0 radical (unpaired) electrons. The Labute approximate surface area is 259 Å². The third-order valence-corrected chi connectivity index (χ3v) is 9.58. The molecular formula is C35H43N3O4S. The van der Waals surface area contributed by atoms with Crippen LogP contribution in [0.3, 0.4) is 0 Å². The van der Waals surface area contributed by atoms with E-state index in [1.807, 2.05) is 56.3 Å². The Hall–Kier alpha value is -3.33. The number of unbranched alkanes of at least 4 members (excludes halogenated alkanes) is 1. The van der Waals surface area contributed by atoms with Crippen molar-refractivity contribution in [2.24, 2.45) is 5.92 Å². The first-order valence-corrected chi connectivity index (χ1v) is 16.2. The van der Waals surface area contributed by atoms with Crippen molar-refractivity contribution in [3.8, 4) is 11.5 Å². The van der Waals surface area contributed by atoms with E-state index in [1.165, 1.54) is 10.5 Å². The summed E-state index contributed by atoms with van der Waals surface area (Å²) in [6, 6.07) is 25.7. The van der Waals surface area contributed by atoms with Crippen molar-refractivity contribution in [2.45, 2.75) is 80.5 Å². The van der Waals surface area contributed by atoms with Gasteiger partial charge in [0.1, 0.15) is 23.1 Å². The molecule has 1 spiro atoms. The van der Waals surface area contributed by atoms with Gasteiger partial charge in [0.05, 0.1) is 6.10 Å². The lowest BCUT2D eigenvalue weighted by Gasteiger charge is -2.52. The van der Waals surface area contributed by atoms with E-state index in [1.54, 1.807) is 16.7 Å². The Balaban J connectivity index is 1.16. The van der Waals surface area contributed by atoms with Crippen LogP contribution >= 0.6 is 11.8 Å². The van der Waals surface area contributed by atoms with E-state index in [4.69, 9.17) is 4.74 Å². The van der Waals surface area contributed by atoms with Gasteiger partial charge < -0.3 is 20.1 Å². The molecule has 3 aromatic rings. The van der Waals surface area contributed by atoms with Crippen molar-refractivity contribution < 1.29 is 19.4 Å². The first-order chi connectivity index (χ1) is 20.8. The molecule has 0 unspecified atom stereocenters. The molecule has 228 valence electrons. The number of piperidine rings is 1. The molecule has 0 bridgehead atoms. The van der Waals surface area contributed by atoms with Crippen LogP contribution in [-0.4, -0.2) is 64.0 Å². The number of ether oxygens (including phenoxy) is 1. The highest BCUT2D eigenvalue weighted by molar-refractivity contribution is 7.99. The van der Waals surface area contributed by atoms with Crippen molar-refractivity contribution in [2.75, 3.05) is 19.6 Å². The van der Waals surface area contributed by atoms with Crippen LogP contribution in [0.15, 0.2) is 88.7 Å². The second-order valence-corrected chi connectivity index (χ2v) is 13.1.